The maximum Gasteiger partial charge on any atom is 0.492 e. The van der Waals surface area contributed by atoms with Crippen LogP contribution in [-0.2, 0) is 10.3 Å². The Kier molecular flexibility index (Phi) is 6.70. The van der Waals surface area contributed by atoms with Crippen LogP contribution in [0.4, 0.5) is 11.4 Å². The van der Waals surface area contributed by atoms with Gasteiger partial charge in [0.2, 0.25) is 0 Å². The van der Waals surface area contributed by atoms with E-state index < -0.39 is 12.7 Å². The van der Waals surface area contributed by atoms with Gasteiger partial charge in [-0.05, 0) is 62.3 Å². The average molecular weight is 450 g/mol. The molecule has 2 aliphatic rings. The first kappa shape index (κ1) is 22.9. The minimum atomic E-state index is -0.997. The number of carbonyl (C=O) groups excluding carboxylic acids is 1. The third-order valence-corrected chi connectivity index (χ3v) is 6.01. The number of rotatable bonds is 3. The molecule has 30 heavy (non-hydrogen) atoms. The Hall–Kier alpha value is -1.77. The van der Waals surface area contributed by atoms with E-state index in [2.05, 4.69) is 22.2 Å². The van der Waals surface area contributed by atoms with E-state index in [1.54, 1.807) is 12.1 Å². The molecule has 0 unspecified atom stereocenters. The van der Waals surface area contributed by atoms with Gasteiger partial charge in [-0.1, -0.05) is 17.7 Å². The van der Waals surface area contributed by atoms with Crippen molar-refractivity contribution in [3.63, 3.8) is 0 Å². The summed E-state index contributed by atoms with van der Waals surface area (Å²) in [7, 11) is 1.12. The van der Waals surface area contributed by atoms with Crippen molar-refractivity contribution < 1.29 is 14.5 Å². The molecule has 4 rings (SSSR count). The summed E-state index contributed by atoms with van der Waals surface area (Å²) in [5, 5.41) is 13.4. The Morgan fingerprint density at radius 2 is 1.87 bits per heavy atom. The summed E-state index contributed by atoms with van der Waals surface area (Å²) in [4.78, 5) is 17.3. The van der Waals surface area contributed by atoms with Crippen molar-refractivity contribution in [3.05, 3.63) is 52.5 Å². The molecule has 1 fully saturated rings. The second-order valence-corrected chi connectivity index (χ2v) is 8.60. The van der Waals surface area contributed by atoms with Crippen molar-refractivity contribution in [2.75, 3.05) is 43.4 Å². The topological polar surface area (TPSA) is 65.0 Å². The zero-order valence-corrected chi connectivity index (χ0v) is 18.9. The van der Waals surface area contributed by atoms with Gasteiger partial charge in [0.15, 0.2) is 0 Å². The number of likely N-dealkylation sites (N-methyl/N-ethyl adjacent to an activating group) is 1. The summed E-state index contributed by atoms with van der Waals surface area (Å²) in [6.07, 6.45) is 0. The van der Waals surface area contributed by atoms with E-state index in [-0.39, 0.29) is 18.3 Å². The van der Waals surface area contributed by atoms with E-state index in [4.69, 9.17) is 16.3 Å². The van der Waals surface area contributed by atoms with Gasteiger partial charge in [-0.2, -0.15) is 0 Å². The maximum absolute atomic E-state index is 12.8. The Morgan fingerprint density at radius 1 is 1.17 bits per heavy atom. The zero-order valence-electron chi connectivity index (χ0n) is 17.3. The summed E-state index contributed by atoms with van der Waals surface area (Å²) >= 11 is 6.43. The predicted molar refractivity (Wildman–Crippen MR) is 125 cm³/mol. The number of hydrogen-bond donors (Lipinski definition) is 2. The van der Waals surface area contributed by atoms with Crippen molar-refractivity contribution in [1.29, 1.82) is 0 Å². The highest BCUT2D eigenvalue weighted by Gasteiger charge is 2.40. The lowest BCUT2D eigenvalue weighted by molar-refractivity contribution is 0.101. The largest absolute Gasteiger partial charge is 0.492 e. The van der Waals surface area contributed by atoms with Gasteiger partial charge in [0.25, 0.3) is 5.91 Å². The number of carbonyl (C=O) groups is 1. The number of halogens is 2. The van der Waals surface area contributed by atoms with Gasteiger partial charge in [-0.25, -0.2) is 0 Å². The van der Waals surface area contributed by atoms with E-state index in [1.165, 1.54) is 0 Å². The lowest BCUT2D eigenvalue weighted by atomic mass is 9.78. The summed E-state index contributed by atoms with van der Waals surface area (Å²) in [6, 6.07) is 11.0. The van der Waals surface area contributed by atoms with Crippen LogP contribution in [0.25, 0.3) is 0 Å². The highest BCUT2D eigenvalue weighted by Crippen LogP contribution is 2.31. The lowest BCUT2D eigenvalue weighted by Gasteiger charge is -2.34. The Balaban J connectivity index is 0.00000256. The minimum absolute atomic E-state index is 0. The molecule has 2 heterocycles. The van der Waals surface area contributed by atoms with Gasteiger partial charge in [0, 0.05) is 37.6 Å². The molecule has 2 aliphatic heterocycles. The van der Waals surface area contributed by atoms with Crippen LogP contribution in [0.2, 0.25) is 5.02 Å². The Labute approximate surface area is 188 Å². The van der Waals surface area contributed by atoms with Crippen molar-refractivity contribution in [1.82, 2.24) is 4.90 Å². The zero-order chi connectivity index (χ0) is 20.8. The standard InChI is InChI=1S/C21H25BClN3O3.ClH/c1-21(2)17-7-4-14(12-18(17)22(28)29-21)24-20(27)16-6-5-15(13-19(16)23)26-10-8-25(3)9-11-26;/h4-7,12-13,28H,8-11H2,1-3H3,(H,24,27);1H. The van der Waals surface area contributed by atoms with E-state index in [9.17, 15) is 9.82 Å². The lowest BCUT2D eigenvalue weighted by Crippen LogP contribution is -2.44. The van der Waals surface area contributed by atoms with Crippen molar-refractivity contribution >= 4 is 53.9 Å². The number of fused-ring (bicyclic) bond motifs is 1. The minimum Gasteiger partial charge on any atom is -0.423 e. The molecule has 2 aromatic rings. The molecular weight excluding hydrogens is 424 g/mol. The van der Waals surface area contributed by atoms with E-state index >= 15 is 0 Å². The molecule has 0 aromatic heterocycles. The highest BCUT2D eigenvalue weighted by molar-refractivity contribution is 6.62. The predicted octanol–water partition coefficient (Wildman–Crippen LogP) is 2.72. The van der Waals surface area contributed by atoms with Crippen molar-refractivity contribution in [3.8, 4) is 0 Å². The van der Waals surface area contributed by atoms with Crippen LogP contribution in [0, 0.1) is 0 Å². The molecule has 6 nitrogen and oxygen atoms in total. The van der Waals surface area contributed by atoms with Crippen molar-refractivity contribution in [2.24, 2.45) is 0 Å². The number of hydrogen-bond acceptors (Lipinski definition) is 5. The number of nitrogens with zero attached hydrogens (tertiary/aromatic N) is 2. The van der Waals surface area contributed by atoms with Crippen LogP contribution in [0.3, 0.4) is 0 Å². The number of amides is 1. The van der Waals surface area contributed by atoms with E-state index in [0.717, 1.165) is 37.4 Å². The molecule has 160 valence electrons. The molecule has 0 saturated carbocycles. The van der Waals surface area contributed by atoms with Gasteiger partial charge < -0.3 is 24.8 Å². The highest BCUT2D eigenvalue weighted by atomic mass is 35.5. The second-order valence-electron chi connectivity index (χ2n) is 8.19. The van der Waals surface area contributed by atoms with Crippen LogP contribution < -0.4 is 15.7 Å². The van der Waals surface area contributed by atoms with Crippen LogP contribution in [0.1, 0.15) is 29.8 Å². The number of piperazine rings is 1. The molecule has 0 bridgehead atoms. The summed E-state index contributed by atoms with van der Waals surface area (Å²) in [5.41, 5.74) is 3.07. The van der Waals surface area contributed by atoms with Crippen LogP contribution in [0.5, 0.6) is 0 Å². The third-order valence-electron chi connectivity index (χ3n) is 5.70. The third kappa shape index (κ3) is 4.46. The first-order valence-electron chi connectivity index (χ1n) is 9.79. The van der Waals surface area contributed by atoms with Crippen molar-refractivity contribution in [2.45, 2.75) is 19.4 Å². The first-order chi connectivity index (χ1) is 13.7. The molecule has 1 saturated heterocycles. The molecule has 9 heteroatoms. The summed E-state index contributed by atoms with van der Waals surface area (Å²) in [5.74, 6) is -0.285. The number of benzene rings is 2. The molecule has 0 spiro atoms. The van der Waals surface area contributed by atoms with E-state index in [0.29, 0.717) is 21.7 Å². The normalized spacial score (nSPS) is 18.0. The van der Waals surface area contributed by atoms with Gasteiger partial charge >= 0.3 is 7.12 Å². The molecule has 2 N–H and O–H groups in total. The average Bonchev–Trinajstić information content (AvgIpc) is 2.90. The molecule has 1 amide bonds. The van der Waals surface area contributed by atoms with Crippen LogP contribution >= 0.6 is 24.0 Å². The van der Waals surface area contributed by atoms with Crippen LogP contribution in [0.15, 0.2) is 36.4 Å². The number of anilines is 2. The quantitative estimate of drug-likeness (QED) is 0.705. The molecule has 0 atom stereocenters. The fraction of sp³-hybridized carbons (Fsp3) is 0.381. The van der Waals surface area contributed by atoms with E-state index in [1.807, 2.05) is 38.1 Å². The first-order valence-corrected chi connectivity index (χ1v) is 10.2. The van der Waals surface area contributed by atoms with Gasteiger partial charge in [0.1, 0.15) is 0 Å². The monoisotopic (exact) mass is 449 g/mol. The SMILES string of the molecule is CN1CCN(c2ccc(C(=O)Nc3ccc4c(c3)B(O)OC4(C)C)c(Cl)c2)CC1.Cl. The molecule has 0 radical (unpaired) electrons. The van der Waals surface area contributed by atoms with Gasteiger partial charge in [0.05, 0.1) is 16.2 Å². The summed E-state index contributed by atoms with van der Waals surface area (Å²) < 4.78 is 5.57. The Morgan fingerprint density at radius 3 is 2.53 bits per heavy atom. The molecular formula is C21H26BCl2N3O3. The Bertz CT molecular complexity index is 949. The summed E-state index contributed by atoms with van der Waals surface area (Å²) in [6.45, 7) is 7.70. The maximum atomic E-state index is 12.8. The molecule has 2 aromatic carbocycles. The number of nitrogens with one attached hydrogen (secondary N) is 1. The van der Waals surface area contributed by atoms with Gasteiger partial charge in [-0.15, -0.1) is 12.4 Å². The fourth-order valence-electron chi connectivity index (χ4n) is 3.95. The molecule has 0 aliphatic carbocycles. The van der Waals surface area contributed by atoms with Gasteiger partial charge in [-0.3, -0.25) is 4.79 Å². The van der Waals surface area contributed by atoms with Crippen LogP contribution in [-0.4, -0.2) is 56.2 Å². The second kappa shape index (κ2) is 8.77. The smallest absolute Gasteiger partial charge is 0.423 e. The fourth-order valence-corrected chi connectivity index (χ4v) is 4.21.